The number of aromatic amines is 1. The molecular formula is C23H27N3O3. The summed E-state index contributed by atoms with van der Waals surface area (Å²) in [6, 6.07) is 6.19. The lowest BCUT2D eigenvalue weighted by Crippen LogP contribution is -2.37. The minimum absolute atomic E-state index is 0.114. The van der Waals surface area contributed by atoms with E-state index in [-0.39, 0.29) is 5.91 Å². The maximum Gasteiger partial charge on any atom is 0.256 e. The molecule has 1 aromatic carbocycles. The Morgan fingerprint density at radius 2 is 2.00 bits per heavy atom. The smallest absolute Gasteiger partial charge is 0.256 e. The summed E-state index contributed by atoms with van der Waals surface area (Å²) in [4.78, 5) is 18.4. The molecule has 3 heterocycles. The van der Waals surface area contributed by atoms with Gasteiger partial charge in [-0.25, -0.2) is 0 Å². The van der Waals surface area contributed by atoms with Crippen LogP contribution in [0.1, 0.15) is 40.9 Å². The van der Waals surface area contributed by atoms with Crippen LogP contribution >= 0.6 is 0 Å². The minimum atomic E-state index is -0.114. The lowest BCUT2D eigenvalue weighted by molar-refractivity contribution is -0.110. The molecule has 152 valence electrons. The van der Waals surface area contributed by atoms with E-state index in [1.807, 2.05) is 6.07 Å². The number of benzene rings is 1. The topological polar surface area (TPSA) is 77.6 Å². The molecule has 1 aliphatic carbocycles. The van der Waals surface area contributed by atoms with Gasteiger partial charge in [-0.3, -0.25) is 9.69 Å². The molecule has 6 heteroatoms. The van der Waals surface area contributed by atoms with Crippen molar-refractivity contribution < 1.29 is 14.6 Å². The zero-order valence-corrected chi connectivity index (χ0v) is 16.6. The maximum absolute atomic E-state index is 12.6. The number of hydrogen-bond acceptors (Lipinski definition) is 4. The first-order valence-electron chi connectivity index (χ1n) is 10.6. The van der Waals surface area contributed by atoms with Crippen LogP contribution in [0.3, 0.4) is 0 Å². The van der Waals surface area contributed by atoms with Gasteiger partial charge in [-0.15, -0.1) is 0 Å². The third-order valence-electron chi connectivity index (χ3n) is 6.27. The fraction of sp³-hybridized carbons (Fsp3) is 0.435. The highest BCUT2D eigenvalue weighted by Gasteiger charge is 2.26. The number of aromatic hydroxyl groups is 1. The van der Waals surface area contributed by atoms with Crippen LogP contribution in [0.15, 0.2) is 18.2 Å². The quantitative estimate of drug-likeness (QED) is 0.698. The van der Waals surface area contributed by atoms with Crippen molar-refractivity contribution in [1.82, 2.24) is 9.88 Å². The van der Waals surface area contributed by atoms with Gasteiger partial charge in [0.2, 0.25) is 0 Å². The van der Waals surface area contributed by atoms with Crippen molar-refractivity contribution in [3.63, 3.8) is 0 Å². The molecule has 6 nitrogen and oxygen atoms in total. The van der Waals surface area contributed by atoms with Crippen molar-refractivity contribution in [2.45, 2.75) is 32.1 Å². The predicted octanol–water partition coefficient (Wildman–Crippen LogP) is 2.97. The molecule has 3 aliphatic rings. The van der Waals surface area contributed by atoms with E-state index in [0.717, 1.165) is 87.5 Å². The fourth-order valence-electron chi connectivity index (χ4n) is 4.58. The molecule has 29 heavy (non-hydrogen) atoms. The summed E-state index contributed by atoms with van der Waals surface area (Å²) in [7, 11) is 0. The molecule has 5 rings (SSSR count). The van der Waals surface area contributed by atoms with E-state index >= 15 is 0 Å². The van der Waals surface area contributed by atoms with Crippen molar-refractivity contribution in [3.8, 4) is 5.75 Å². The predicted molar refractivity (Wildman–Crippen MR) is 113 cm³/mol. The van der Waals surface area contributed by atoms with E-state index in [2.05, 4.69) is 27.3 Å². The van der Waals surface area contributed by atoms with Gasteiger partial charge in [0.25, 0.3) is 5.91 Å². The summed E-state index contributed by atoms with van der Waals surface area (Å²) in [5.41, 5.74) is 6.36. The largest absolute Gasteiger partial charge is 0.505 e. The summed E-state index contributed by atoms with van der Waals surface area (Å²) in [5, 5.41) is 13.6. The number of carbonyl (C=O) groups excluding carboxylic acids is 1. The normalized spacial score (nSPS) is 20.6. The summed E-state index contributed by atoms with van der Waals surface area (Å²) >= 11 is 0. The SMILES string of the molecule is O=C1Nc2ccc(CCN3CCOCC3)cc2C1=Cc1[nH]c2c(c1O)CCCC2. The Morgan fingerprint density at radius 3 is 2.83 bits per heavy atom. The molecule has 1 amide bonds. The van der Waals surface area contributed by atoms with Crippen molar-refractivity contribution in [3.05, 3.63) is 46.3 Å². The molecule has 1 aromatic heterocycles. The highest BCUT2D eigenvalue weighted by atomic mass is 16.5. The fourth-order valence-corrected chi connectivity index (χ4v) is 4.58. The summed E-state index contributed by atoms with van der Waals surface area (Å²) in [5.74, 6) is 0.189. The van der Waals surface area contributed by atoms with Crippen LogP contribution in [0.25, 0.3) is 11.6 Å². The first-order valence-corrected chi connectivity index (χ1v) is 10.6. The summed E-state index contributed by atoms with van der Waals surface area (Å²) in [6.45, 7) is 4.56. The number of anilines is 1. The number of fused-ring (bicyclic) bond motifs is 2. The van der Waals surface area contributed by atoms with Gasteiger partial charge in [0.15, 0.2) is 0 Å². The molecule has 2 aliphatic heterocycles. The van der Waals surface area contributed by atoms with E-state index in [1.54, 1.807) is 6.08 Å². The number of ether oxygens (including phenoxy) is 1. The number of morpholine rings is 1. The molecular weight excluding hydrogens is 366 g/mol. The Labute approximate surface area is 170 Å². The van der Waals surface area contributed by atoms with Gasteiger partial charge in [0, 0.05) is 42.1 Å². The van der Waals surface area contributed by atoms with E-state index in [4.69, 9.17) is 4.74 Å². The molecule has 1 saturated heterocycles. The van der Waals surface area contributed by atoms with E-state index < -0.39 is 0 Å². The molecule has 0 saturated carbocycles. The molecule has 0 unspecified atom stereocenters. The number of rotatable bonds is 4. The monoisotopic (exact) mass is 393 g/mol. The number of carbonyl (C=O) groups is 1. The van der Waals surface area contributed by atoms with Gasteiger partial charge in [-0.05, 0) is 55.9 Å². The number of amides is 1. The Kier molecular flexibility index (Phi) is 4.89. The zero-order valence-electron chi connectivity index (χ0n) is 16.6. The summed E-state index contributed by atoms with van der Waals surface area (Å²) in [6.07, 6.45) is 6.84. The first kappa shape index (κ1) is 18.5. The van der Waals surface area contributed by atoms with Gasteiger partial charge in [-0.1, -0.05) is 6.07 Å². The second-order valence-corrected chi connectivity index (χ2v) is 8.15. The van der Waals surface area contributed by atoms with Crippen molar-refractivity contribution in [1.29, 1.82) is 0 Å². The second kappa shape index (κ2) is 7.69. The number of hydrogen-bond donors (Lipinski definition) is 3. The van der Waals surface area contributed by atoms with E-state index in [1.165, 1.54) is 5.56 Å². The summed E-state index contributed by atoms with van der Waals surface area (Å²) < 4.78 is 5.42. The van der Waals surface area contributed by atoms with Crippen molar-refractivity contribution in [2.24, 2.45) is 0 Å². The van der Waals surface area contributed by atoms with Crippen LogP contribution in [-0.2, 0) is 28.8 Å². The van der Waals surface area contributed by atoms with Gasteiger partial charge in [0.05, 0.1) is 24.5 Å². The van der Waals surface area contributed by atoms with E-state index in [9.17, 15) is 9.90 Å². The lowest BCUT2D eigenvalue weighted by Gasteiger charge is -2.26. The maximum atomic E-state index is 12.6. The van der Waals surface area contributed by atoms with Crippen LogP contribution in [0.2, 0.25) is 0 Å². The van der Waals surface area contributed by atoms with Crippen LogP contribution in [0.5, 0.6) is 5.75 Å². The standard InChI is InChI=1S/C23H27N3O3/c27-22-16-3-1-2-4-19(16)24-21(22)14-18-17-13-15(5-6-20(17)25-23(18)28)7-8-26-9-11-29-12-10-26/h5-6,13-14,24,27H,1-4,7-12H2,(H,25,28). The highest BCUT2D eigenvalue weighted by Crippen LogP contribution is 2.38. The van der Waals surface area contributed by atoms with Crippen LogP contribution < -0.4 is 5.32 Å². The minimum Gasteiger partial charge on any atom is -0.505 e. The van der Waals surface area contributed by atoms with E-state index in [0.29, 0.717) is 17.0 Å². The number of H-pyrrole nitrogens is 1. The Bertz CT molecular complexity index is 970. The number of nitrogens with zero attached hydrogens (tertiary/aromatic N) is 1. The van der Waals surface area contributed by atoms with Crippen molar-refractivity contribution >= 4 is 23.2 Å². The Balaban J connectivity index is 1.41. The van der Waals surface area contributed by atoms with Crippen molar-refractivity contribution in [2.75, 3.05) is 38.2 Å². The molecule has 0 atom stereocenters. The number of aryl methyl sites for hydroxylation is 1. The average molecular weight is 393 g/mol. The third kappa shape index (κ3) is 3.58. The molecule has 0 radical (unpaired) electrons. The first-order chi connectivity index (χ1) is 14.2. The Hall–Kier alpha value is -2.57. The van der Waals surface area contributed by atoms with Crippen LogP contribution in [0.4, 0.5) is 5.69 Å². The number of nitrogens with one attached hydrogen (secondary N) is 2. The van der Waals surface area contributed by atoms with Gasteiger partial charge < -0.3 is 20.1 Å². The molecule has 0 bridgehead atoms. The third-order valence-corrected chi connectivity index (χ3v) is 6.27. The van der Waals surface area contributed by atoms with Gasteiger partial charge in [0.1, 0.15) is 5.75 Å². The van der Waals surface area contributed by atoms with Gasteiger partial charge >= 0.3 is 0 Å². The molecule has 3 N–H and O–H groups in total. The van der Waals surface area contributed by atoms with Crippen LogP contribution in [-0.4, -0.2) is 53.7 Å². The van der Waals surface area contributed by atoms with Gasteiger partial charge in [-0.2, -0.15) is 0 Å². The van der Waals surface area contributed by atoms with Crippen LogP contribution in [0, 0.1) is 0 Å². The molecule has 1 fully saturated rings. The average Bonchev–Trinajstić information content (AvgIpc) is 3.24. The molecule has 0 spiro atoms. The second-order valence-electron chi connectivity index (χ2n) is 8.15. The zero-order chi connectivity index (χ0) is 19.8. The molecule has 2 aromatic rings. The number of aromatic nitrogens is 1. The lowest BCUT2D eigenvalue weighted by atomic mass is 9.97. The Morgan fingerprint density at radius 1 is 1.17 bits per heavy atom. The highest BCUT2D eigenvalue weighted by molar-refractivity contribution is 6.35.